The Hall–Kier alpha value is -1.97. The van der Waals surface area contributed by atoms with E-state index in [2.05, 4.69) is 0 Å². The lowest BCUT2D eigenvalue weighted by atomic mass is 10.0. The number of carbonyl (C=O) groups excluding carboxylic acids is 3. The molecule has 0 bridgehead atoms. The van der Waals surface area contributed by atoms with E-state index in [4.69, 9.17) is 0 Å². The summed E-state index contributed by atoms with van der Waals surface area (Å²) in [5, 5.41) is 0. The molecular weight excluding hydrogens is 242 g/mol. The van der Waals surface area contributed by atoms with Gasteiger partial charge in [-0.15, -0.1) is 0 Å². The molecule has 100 valence electrons. The van der Waals surface area contributed by atoms with Gasteiger partial charge in [0.25, 0.3) is 11.7 Å². The Bertz CT molecular complexity index is 587. The first-order valence-electron chi connectivity index (χ1n) is 6.33. The van der Waals surface area contributed by atoms with Crippen LogP contribution in [0.15, 0.2) is 12.1 Å². The smallest absolute Gasteiger partial charge is 0.297 e. The van der Waals surface area contributed by atoms with Gasteiger partial charge in [-0.1, -0.05) is 19.9 Å². The van der Waals surface area contributed by atoms with Crippen molar-refractivity contribution in [3.63, 3.8) is 0 Å². The third kappa shape index (κ3) is 2.07. The molecule has 1 aromatic rings. The van der Waals surface area contributed by atoms with E-state index in [9.17, 15) is 14.4 Å². The monoisotopic (exact) mass is 259 g/mol. The minimum atomic E-state index is -0.599. The lowest BCUT2D eigenvalue weighted by Gasteiger charge is -2.19. The van der Waals surface area contributed by atoms with Crippen LogP contribution in [-0.2, 0) is 9.59 Å². The average Bonchev–Trinajstić information content (AvgIpc) is 2.59. The van der Waals surface area contributed by atoms with E-state index in [0.29, 0.717) is 11.3 Å². The van der Waals surface area contributed by atoms with Crippen molar-refractivity contribution in [1.82, 2.24) is 0 Å². The van der Waals surface area contributed by atoms with E-state index in [1.807, 2.05) is 19.9 Å². The van der Waals surface area contributed by atoms with Crippen molar-refractivity contribution < 1.29 is 14.4 Å². The number of nitrogens with zero attached hydrogens (tertiary/aromatic N) is 1. The van der Waals surface area contributed by atoms with E-state index in [0.717, 1.165) is 11.1 Å². The lowest BCUT2D eigenvalue weighted by Crippen LogP contribution is -2.36. The Labute approximate surface area is 112 Å². The second-order valence-corrected chi connectivity index (χ2v) is 5.25. The van der Waals surface area contributed by atoms with Gasteiger partial charge < -0.3 is 0 Å². The summed E-state index contributed by atoms with van der Waals surface area (Å²) >= 11 is 0. The van der Waals surface area contributed by atoms with Gasteiger partial charge in [0.1, 0.15) is 0 Å². The van der Waals surface area contributed by atoms with Gasteiger partial charge in [-0.2, -0.15) is 0 Å². The Morgan fingerprint density at radius 1 is 1.21 bits per heavy atom. The summed E-state index contributed by atoms with van der Waals surface area (Å²) in [5.74, 6) is -1.32. The molecule has 0 radical (unpaired) electrons. The molecule has 0 aromatic heterocycles. The number of ketones is 2. The van der Waals surface area contributed by atoms with E-state index < -0.39 is 11.7 Å². The highest BCUT2D eigenvalue weighted by atomic mass is 16.2. The predicted molar refractivity (Wildman–Crippen MR) is 72.4 cm³/mol. The summed E-state index contributed by atoms with van der Waals surface area (Å²) in [5.41, 5.74) is 2.89. The van der Waals surface area contributed by atoms with E-state index in [1.54, 1.807) is 19.9 Å². The van der Waals surface area contributed by atoms with Crippen LogP contribution in [0.5, 0.6) is 0 Å². The number of fused-ring (bicyclic) bond motifs is 1. The number of anilines is 1. The first-order chi connectivity index (χ1) is 8.84. The molecule has 0 aliphatic carbocycles. The topological polar surface area (TPSA) is 54.5 Å². The van der Waals surface area contributed by atoms with Gasteiger partial charge in [0.2, 0.25) is 0 Å². The van der Waals surface area contributed by atoms with Crippen LogP contribution >= 0.6 is 0 Å². The zero-order chi connectivity index (χ0) is 14.3. The van der Waals surface area contributed by atoms with Crippen LogP contribution in [0.1, 0.15) is 35.3 Å². The van der Waals surface area contributed by atoms with Gasteiger partial charge in [-0.05, 0) is 31.0 Å². The fourth-order valence-corrected chi connectivity index (χ4v) is 2.16. The summed E-state index contributed by atoms with van der Waals surface area (Å²) in [6, 6.07) is 3.49. The zero-order valence-corrected chi connectivity index (χ0v) is 11.6. The molecule has 0 spiro atoms. The molecule has 0 N–H and O–H groups in total. The molecule has 1 amide bonds. The fraction of sp³-hybridized carbons (Fsp3) is 0.400. The highest BCUT2D eigenvalue weighted by molar-refractivity contribution is 6.52. The molecule has 1 heterocycles. The van der Waals surface area contributed by atoms with Crippen molar-refractivity contribution in [2.75, 3.05) is 11.4 Å². The van der Waals surface area contributed by atoms with Crippen LogP contribution in [0.3, 0.4) is 0 Å². The summed E-state index contributed by atoms with van der Waals surface area (Å²) < 4.78 is 0. The van der Waals surface area contributed by atoms with Crippen LogP contribution in [0.25, 0.3) is 0 Å². The molecule has 1 aromatic carbocycles. The lowest BCUT2D eigenvalue weighted by molar-refractivity contribution is -0.122. The number of hydrogen-bond acceptors (Lipinski definition) is 3. The standard InChI is InChI=1S/C15H17NO3/c1-8(2)12(17)7-16-13-10(4)9(3)5-6-11(13)14(18)15(16)19/h5-6,8H,7H2,1-4H3. The molecule has 0 saturated heterocycles. The predicted octanol–water partition coefficient (Wildman–Crippen LogP) is 2.06. The maximum absolute atomic E-state index is 12.0. The Kier molecular flexibility index (Phi) is 3.27. The first kappa shape index (κ1) is 13.5. The number of rotatable bonds is 3. The first-order valence-corrected chi connectivity index (χ1v) is 6.33. The zero-order valence-electron chi connectivity index (χ0n) is 11.6. The van der Waals surface area contributed by atoms with Crippen molar-refractivity contribution in [2.45, 2.75) is 27.7 Å². The van der Waals surface area contributed by atoms with Gasteiger partial charge >= 0.3 is 0 Å². The van der Waals surface area contributed by atoms with Crippen LogP contribution in [0.4, 0.5) is 5.69 Å². The molecule has 2 rings (SSSR count). The van der Waals surface area contributed by atoms with Crippen LogP contribution < -0.4 is 4.90 Å². The number of carbonyl (C=O) groups is 3. The molecule has 0 fully saturated rings. The number of benzene rings is 1. The van der Waals surface area contributed by atoms with Crippen molar-refractivity contribution in [2.24, 2.45) is 5.92 Å². The van der Waals surface area contributed by atoms with Gasteiger partial charge in [0, 0.05) is 5.92 Å². The normalized spacial score (nSPS) is 14.3. The third-order valence-electron chi connectivity index (χ3n) is 3.61. The second kappa shape index (κ2) is 4.61. The van der Waals surface area contributed by atoms with E-state index >= 15 is 0 Å². The highest BCUT2D eigenvalue weighted by Gasteiger charge is 2.38. The molecule has 0 saturated carbocycles. The van der Waals surface area contributed by atoms with Crippen molar-refractivity contribution in [3.05, 3.63) is 28.8 Å². The molecule has 4 heteroatoms. The van der Waals surface area contributed by atoms with Gasteiger partial charge in [-0.25, -0.2) is 0 Å². The quantitative estimate of drug-likeness (QED) is 0.781. The molecule has 1 aliphatic rings. The fourth-order valence-electron chi connectivity index (χ4n) is 2.16. The molecule has 0 atom stereocenters. The third-order valence-corrected chi connectivity index (χ3v) is 3.61. The van der Waals surface area contributed by atoms with Gasteiger partial charge in [0.05, 0.1) is 17.8 Å². The molecular formula is C15H17NO3. The summed E-state index contributed by atoms with van der Waals surface area (Å²) in [4.78, 5) is 37.1. The number of hydrogen-bond donors (Lipinski definition) is 0. The minimum absolute atomic E-state index is 0.0282. The van der Waals surface area contributed by atoms with Crippen molar-refractivity contribution >= 4 is 23.2 Å². The Balaban J connectivity index is 2.49. The van der Waals surface area contributed by atoms with Gasteiger partial charge in [0.15, 0.2) is 5.78 Å². The maximum Gasteiger partial charge on any atom is 0.299 e. The summed E-state index contributed by atoms with van der Waals surface area (Å²) in [6.07, 6.45) is 0. The van der Waals surface area contributed by atoms with E-state index in [-0.39, 0.29) is 18.2 Å². The van der Waals surface area contributed by atoms with Crippen LogP contribution in [0.2, 0.25) is 0 Å². The van der Waals surface area contributed by atoms with Crippen molar-refractivity contribution in [1.29, 1.82) is 0 Å². The Morgan fingerprint density at radius 3 is 2.42 bits per heavy atom. The van der Waals surface area contributed by atoms with Crippen molar-refractivity contribution in [3.8, 4) is 0 Å². The molecule has 19 heavy (non-hydrogen) atoms. The molecule has 0 unspecified atom stereocenters. The SMILES string of the molecule is Cc1ccc2c(c1C)N(CC(=O)C(C)C)C(=O)C2=O. The van der Waals surface area contributed by atoms with Gasteiger partial charge in [-0.3, -0.25) is 19.3 Å². The van der Waals surface area contributed by atoms with E-state index in [1.165, 1.54) is 4.90 Å². The molecule has 1 aliphatic heterocycles. The summed E-state index contributed by atoms with van der Waals surface area (Å²) in [7, 11) is 0. The highest BCUT2D eigenvalue weighted by Crippen LogP contribution is 2.34. The van der Waals surface area contributed by atoms with Crippen LogP contribution in [-0.4, -0.2) is 24.0 Å². The minimum Gasteiger partial charge on any atom is -0.297 e. The largest absolute Gasteiger partial charge is 0.299 e. The summed E-state index contributed by atoms with van der Waals surface area (Å²) in [6.45, 7) is 7.33. The molecule has 4 nitrogen and oxygen atoms in total. The second-order valence-electron chi connectivity index (χ2n) is 5.25. The Morgan fingerprint density at radius 2 is 1.84 bits per heavy atom. The van der Waals surface area contributed by atoms with Crippen LogP contribution in [0, 0.1) is 19.8 Å². The number of aryl methyl sites for hydroxylation is 1. The number of Topliss-reactive ketones (excluding diaryl/α,β-unsaturated/α-hetero) is 2. The maximum atomic E-state index is 12.0. The number of amides is 1. The average molecular weight is 259 g/mol.